The summed E-state index contributed by atoms with van der Waals surface area (Å²) in [4.78, 5) is -0.110. The van der Waals surface area contributed by atoms with E-state index in [1.54, 1.807) is 6.92 Å². The summed E-state index contributed by atoms with van der Waals surface area (Å²) in [5.41, 5.74) is 0.762. The van der Waals surface area contributed by atoms with Gasteiger partial charge in [-0.1, -0.05) is 17.7 Å². The Labute approximate surface area is 127 Å². The van der Waals surface area contributed by atoms with Crippen molar-refractivity contribution < 1.29 is 17.5 Å². The van der Waals surface area contributed by atoms with Gasteiger partial charge in [-0.2, -0.15) is 0 Å². The zero-order chi connectivity index (χ0) is 15.6. The molecule has 0 amide bonds. The van der Waals surface area contributed by atoms with E-state index in [4.69, 9.17) is 16.3 Å². The summed E-state index contributed by atoms with van der Waals surface area (Å²) >= 11 is 5.83. The van der Waals surface area contributed by atoms with Crippen LogP contribution in [0.15, 0.2) is 41.3 Å². The minimum absolute atomic E-state index is 0.110. The third kappa shape index (κ3) is 3.46. The third-order valence-electron chi connectivity index (χ3n) is 2.86. The first-order valence-corrected chi connectivity index (χ1v) is 7.82. The number of sulfonamides is 1. The van der Waals surface area contributed by atoms with E-state index in [0.29, 0.717) is 5.56 Å². The summed E-state index contributed by atoms with van der Waals surface area (Å²) in [7, 11) is -2.59. The minimum atomic E-state index is -3.94. The van der Waals surface area contributed by atoms with E-state index in [-0.39, 0.29) is 21.4 Å². The average molecular weight is 330 g/mol. The number of benzene rings is 2. The molecule has 0 radical (unpaired) electrons. The quantitative estimate of drug-likeness (QED) is 0.932. The molecule has 4 nitrogen and oxygen atoms in total. The Morgan fingerprint density at radius 1 is 1.19 bits per heavy atom. The van der Waals surface area contributed by atoms with Crippen molar-refractivity contribution in [3.05, 3.63) is 52.8 Å². The first-order chi connectivity index (χ1) is 9.83. The maximum absolute atomic E-state index is 13.3. The molecule has 0 aromatic heterocycles. The molecule has 0 fully saturated rings. The largest absolute Gasteiger partial charge is 0.495 e. The van der Waals surface area contributed by atoms with Crippen LogP contribution in [-0.2, 0) is 10.0 Å². The van der Waals surface area contributed by atoms with Gasteiger partial charge in [0.05, 0.1) is 12.8 Å². The van der Waals surface area contributed by atoms with Crippen LogP contribution in [0.1, 0.15) is 5.56 Å². The van der Waals surface area contributed by atoms with Crippen molar-refractivity contribution in [1.82, 2.24) is 0 Å². The monoisotopic (exact) mass is 329 g/mol. The van der Waals surface area contributed by atoms with Gasteiger partial charge in [0.25, 0.3) is 10.0 Å². The lowest BCUT2D eigenvalue weighted by molar-refractivity contribution is 0.403. The molecular formula is C14H13ClFNO3S. The summed E-state index contributed by atoms with van der Waals surface area (Å²) in [6.07, 6.45) is 0. The number of hydrogen-bond donors (Lipinski definition) is 1. The molecule has 112 valence electrons. The summed E-state index contributed by atoms with van der Waals surface area (Å²) in [6, 6.07) is 8.11. The highest BCUT2D eigenvalue weighted by atomic mass is 35.5. The molecule has 0 unspecified atom stereocenters. The van der Waals surface area contributed by atoms with Gasteiger partial charge in [-0.25, -0.2) is 12.8 Å². The van der Waals surface area contributed by atoms with Crippen LogP contribution >= 0.6 is 11.6 Å². The number of aryl methyl sites for hydroxylation is 1. The Balaban J connectivity index is 2.48. The van der Waals surface area contributed by atoms with Gasteiger partial charge in [0.2, 0.25) is 0 Å². The number of rotatable bonds is 4. The van der Waals surface area contributed by atoms with Gasteiger partial charge >= 0.3 is 0 Å². The second kappa shape index (κ2) is 5.91. The van der Waals surface area contributed by atoms with Gasteiger partial charge in [-0.05, 0) is 42.8 Å². The fourth-order valence-corrected chi connectivity index (χ4v) is 3.32. The van der Waals surface area contributed by atoms with E-state index < -0.39 is 15.8 Å². The van der Waals surface area contributed by atoms with Crippen molar-refractivity contribution in [2.24, 2.45) is 0 Å². The van der Waals surface area contributed by atoms with Crippen molar-refractivity contribution >= 4 is 27.3 Å². The molecule has 1 N–H and O–H groups in total. The van der Waals surface area contributed by atoms with Gasteiger partial charge < -0.3 is 4.74 Å². The lowest BCUT2D eigenvalue weighted by Crippen LogP contribution is -2.15. The Kier molecular flexibility index (Phi) is 4.39. The van der Waals surface area contributed by atoms with Crippen molar-refractivity contribution in [3.63, 3.8) is 0 Å². The van der Waals surface area contributed by atoms with Crippen LogP contribution in [0.3, 0.4) is 0 Å². The summed E-state index contributed by atoms with van der Waals surface area (Å²) in [6.45, 7) is 1.67. The molecule has 0 heterocycles. The minimum Gasteiger partial charge on any atom is -0.495 e. The number of nitrogens with one attached hydrogen (secondary N) is 1. The van der Waals surface area contributed by atoms with E-state index in [2.05, 4.69) is 4.72 Å². The first-order valence-electron chi connectivity index (χ1n) is 5.96. The van der Waals surface area contributed by atoms with Crippen molar-refractivity contribution in [2.45, 2.75) is 11.8 Å². The summed E-state index contributed by atoms with van der Waals surface area (Å²) < 4.78 is 45.5. The highest BCUT2D eigenvalue weighted by Gasteiger charge is 2.21. The molecular weight excluding hydrogens is 317 g/mol. The lowest BCUT2D eigenvalue weighted by Gasteiger charge is -2.13. The Morgan fingerprint density at radius 3 is 2.57 bits per heavy atom. The molecule has 0 aliphatic heterocycles. The second-order valence-electron chi connectivity index (χ2n) is 4.36. The average Bonchev–Trinajstić information content (AvgIpc) is 2.42. The Hall–Kier alpha value is -1.79. The molecule has 0 aliphatic carbocycles. The lowest BCUT2D eigenvalue weighted by atomic mass is 10.2. The summed E-state index contributed by atoms with van der Waals surface area (Å²) in [5.74, 6) is -0.377. The van der Waals surface area contributed by atoms with Gasteiger partial charge in [-0.15, -0.1) is 0 Å². The molecule has 2 aromatic carbocycles. The molecule has 0 atom stereocenters. The predicted molar refractivity (Wildman–Crippen MR) is 79.9 cm³/mol. The Bertz CT molecular complexity index is 778. The normalized spacial score (nSPS) is 11.2. The van der Waals surface area contributed by atoms with E-state index >= 15 is 0 Å². The van der Waals surface area contributed by atoms with Crippen molar-refractivity contribution in [1.29, 1.82) is 0 Å². The first kappa shape index (κ1) is 15.6. The highest BCUT2D eigenvalue weighted by Crippen LogP contribution is 2.29. The molecule has 2 aromatic rings. The van der Waals surface area contributed by atoms with Gasteiger partial charge in [0.15, 0.2) is 0 Å². The van der Waals surface area contributed by atoms with E-state index in [0.717, 1.165) is 6.07 Å². The molecule has 0 saturated carbocycles. The third-order valence-corrected chi connectivity index (χ3v) is 4.48. The summed E-state index contributed by atoms with van der Waals surface area (Å²) in [5, 5.41) is 0.257. The number of halogens is 2. The molecule has 2 rings (SSSR count). The molecule has 7 heteroatoms. The van der Waals surface area contributed by atoms with E-state index in [9.17, 15) is 12.8 Å². The van der Waals surface area contributed by atoms with Crippen LogP contribution in [-0.4, -0.2) is 15.5 Å². The fourth-order valence-electron chi connectivity index (χ4n) is 1.76. The molecule has 0 bridgehead atoms. The van der Waals surface area contributed by atoms with Crippen molar-refractivity contribution in [2.75, 3.05) is 11.8 Å². The maximum Gasteiger partial charge on any atom is 0.265 e. The Morgan fingerprint density at radius 2 is 1.90 bits per heavy atom. The fraction of sp³-hybridized carbons (Fsp3) is 0.143. The zero-order valence-corrected chi connectivity index (χ0v) is 12.9. The van der Waals surface area contributed by atoms with E-state index in [1.165, 1.54) is 37.4 Å². The molecule has 0 spiro atoms. The topological polar surface area (TPSA) is 55.4 Å². The molecule has 21 heavy (non-hydrogen) atoms. The standard InChI is InChI=1S/C14H13ClFNO3S/c1-9-3-5-11(16)8-12(9)17-21(18,19)14-7-10(15)4-6-13(14)20-2/h3-8,17H,1-2H3. The van der Waals surface area contributed by atoms with Crippen LogP contribution in [0.2, 0.25) is 5.02 Å². The number of hydrogen-bond acceptors (Lipinski definition) is 3. The SMILES string of the molecule is COc1ccc(Cl)cc1S(=O)(=O)Nc1cc(F)ccc1C. The van der Waals surface area contributed by atoms with Gasteiger partial charge in [0, 0.05) is 5.02 Å². The molecule has 0 aliphatic rings. The van der Waals surface area contributed by atoms with Gasteiger partial charge in [0.1, 0.15) is 16.5 Å². The predicted octanol–water partition coefficient (Wildman–Crippen LogP) is 3.60. The highest BCUT2D eigenvalue weighted by molar-refractivity contribution is 7.92. The number of ether oxygens (including phenoxy) is 1. The van der Waals surface area contributed by atoms with Crippen LogP contribution < -0.4 is 9.46 Å². The second-order valence-corrected chi connectivity index (χ2v) is 6.45. The van der Waals surface area contributed by atoms with Crippen LogP contribution in [0.25, 0.3) is 0 Å². The van der Waals surface area contributed by atoms with Gasteiger partial charge in [-0.3, -0.25) is 4.72 Å². The van der Waals surface area contributed by atoms with Crippen LogP contribution in [0.5, 0.6) is 5.75 Å². The molecule has 0 saturated heterocycles. The number of anilines is 1. The maximum atomic E-state index is 13.3. The van der Waals surface area contributed by atoms with Crippen LogP contribution in [0.4, 0.5) is 10.1 Å². The van der Waals surface area contributed by atoms with E-state index in [1.807, 2.05) is 0 Å². The number of methoxy groups -OCH3 is 1. The van der Waals surface area contributed by atoms with Crippen LogP contribution in [0, 0.1) is 12.7 Å². The van der Waals surface area contributed by atoms with Crippen molar-refractivity contribution in [3.8, 4) is 5.75 Å². The smallest absolute Gasteiger partial charge is 0.265 e. The zero-order valence-electron chi connectivity index (χ0n) is 11.4.